The number of hydrogen-bond donors (Lipinski definition) is 1. The predicted octanol–water partition coefficient (Wildman–Crippen LogP) is 7.80. The number of allylic oxidation sites excluding steroid dienone is 4. The van der Waals surface area contributed by atoms with Crippen molar-refractivity contribution in [3.8, 4) is 12.1 Å². The molecule has 1 unspecified atom stereocenters. The predicted molar refractivity (Wildman–Crippen MR) is 145 cm³/mol. The van der Waals surface area contributed by atoms with Gasteiger partial charge in [-0.15, -0.1) is 0 Å². The standard InChI is InChI=1S/C28H26N4S2/c1-3-4-15-32-24-19-22(8-6-14-30)10-12-26(24)34-28(32)17-20(2)16-27-31-23-18-21(7-5-13-29)9-11-25(23)33-27/h5-12,16-19,28,31H,3-4,15H2,1-2H3/b7-5+,8-6+,20-17+,27-16+. The molecule has 2 aliphatic heterocycles. The van der Waals surface area contributed by atoms with E-state index in [1.54, 1.807) is 11.8 Å². The number of nitriles is 2. The molecule has 4 nitrogen and oxygen atoms in total. The number of unbranched alkanes of at least 4 members (excludes halogenated alkanes) is 1. The van der Waals surface area contributed by atoms with E-state index in [0.29, 0.717) is 0 Å². The zero-order valence-corrected chi connectivity index (χ0v) is 20.9. The van der Waals surface area contributed by atoms with Crippen molar-refractivity contribution in [1.29, 1.82) is 10.5 Å². The molecule has 34 heavy (non-hydrogen) atoms. The minimum atomic E-state index is 0.241. The fraction of sp³-hybridized carbons (Fsp3) is 0.214. The maximum Gasteiger partial charge on any atom is 0.0988 e. The van der Waals surface area contributed by atoms with Crippen molar-refractivity contribution in [3.63, 3.8) is 0 Å². The minimum absolute atomic E-state index is 0.241. The van der Waals surface area contributed by atoms with Crippen LogP contribution in [-0.2, 0) is 0 Å². The van der Waals surface area contributed by atoms with E-state index in [4.69, 9.17) is 10.5 Å². The van der Waals surface area contributed by atoms with Gasteiger partial charge in [0.25, 0.3) is 0 Å². The molecule has 2 aromatic rings. The van der Waals surface area contributed by atoms with Crippen molar-refractivity contribution in [2.75, 3.05) is 16.8 Å². The Morgan fingerprint density at radius 3 is 2.47 bits per heavy atom. The summed E-state index contributed by atoms with van der Waals surface area (Å²) in [5, 5.41) is 22.5. The Balaban J connectivity index is 1.53. The Morgan fingerprint density at radius 1 is 1.06 bits per heavy atom. The number of rotatable bonds is 7. The van der Waals surface area contributed by atoms with Crippen molar-refractivity contribution < 1.29 is 0 Å². The van der Waals surface area contributed by atoms with Crippen molar-refractivity contribution >= 4 is 47.1 Å². The Labute approximate surface area is 210 Å². The first kappa shape index (κ1) is 23.8. The van der Waals surface area contributed by atoms with Crippen LogP contribution in [0.2, 0.25) is 0 Å². The number of hydrogen-bond acceptors (Lipinski definition) is 6. The highest BCUT2D eigenvalue weighted by molar-refractivity contribution is 8.03. The maximum absolute atomic E-state index is 8.87. The number of nitrogens with one attached hydrogen (secondary N) is 1. The number of fused-ring (bicyclic) bond motifs is 2. The molecule has 0 fully saturated rings. The highest BCUT2D eigenvalue weighted by Crippen LogP contribution is 2.46. The van der Waals surface area contributed by atoms with E-state index in [0.717, 1.165) is 41.2 Å². The number of thioether (sulfide) groups is 2. The van der Waals surface area contributed by atoms with Crippen LogP contribution in [0.3, 0.4) is 0 Å². The molecular weight excluding hydrogens is 456 g/mol. The van der Waals surface area contributed by atoms with Crippen LogP contribution in [0, 0.1) is 22.7 Å². The van der Waals surface area contributed by atoms with Crippen LogP contribution >= 0.6 is 23.5 Å². The van der Waals surface area contributed by atoms with E-state index in [1.807, 2.05) is 36.0 Å². The van der Waals surface area contributed by atoms with Crippen molar-refractivity contribution in [2.45, 2.75) is 41.9 Å². The summed E-state index contributed by atoms with van der Waals surface area (Å²) in [6.45, 7) is 5.38. The molecule has 0 saturated heterocycles. The molecular formula is C28H26N4S2. The summed E-state index contributed by atoms with van der Waals surface area (Å²) < 4.78 is 0. The topological polar surface area (TPSA) is 62.9 Å². The number of nitrogens with zero attached hydrogens (tertiary/aromatic N) is 3. The largest absolute Gasteiger partial charge is 0.355 e. The summed E-state index contributed by atoms with van der Waals surface area (Å²) in [7, 11) is 0. The Morgan fingerprint density at radius 2 is 1.76 bits per heavy atom. The van der Waals surface area contributed by atoms with Gasteiger partial charge < -0.3 is 10.2 Å². The summed E-state index contributed by atoms with van der Waals surface area (Å²) in [6, 6.07) is 16.8. The molecule has 1 N–H and O–H groups in total. The van der Waals surface area contributed by atoms with E-state index in [9.17, 15) is 0 Å². The summed E-state index contributed by atoms with van der Waals surface area (Å²) in [4.78, 5) is 4.96. The second-order valence-electron chi connectivity index (χ2n) is 8.11. The fourth-order valence-electron chi connectivity index (χ4n) is 3.92. The molecule has 1 atom stereocenters. The van der Waals surface area contributed by atoms with Gasteiger partial charge in [-0.2, -0.15) is 10.5 Å². The fourth-order valence-corrected chi connectivity index (χ4v) is 6.25. The summed E-state index contributed by atoms with van der Waals surface area (Å²) in [6.07, 6.45) is 13.5. The molecule has 0 aromatic heterocycles. The molecule has 2 heterocycles. The van der Waals surface area contributed by atoms with Crippen LogP contribution in [0.25, 0.3) is 12.2 Å². The molecule has 0 radical (unpaired) electrons. The highest BCUT2D eigenvalue weighted by Gasteiger charge is 2.28. The summed E-state index contributed by atoms with van der Waals surface area (Å²) in [5.74, 6) is 0. The first-order chi connectivity index (χ1) is 16.6. The van der Waals surface area contributed by atoms with Gasteiger partial charge in [0.2, 0.25) is 0 Å². The Hall–Kier alpha value is -3.32. The molecule has 170 valence electrons. The Kier molecular flexibility index (Phi) is 7.85. The van der Waals surface area contributed by atoms with Crippen molar-refractivity contribution in [1.82, 2.24) is 0 Å². The molecule has 4 rings (SSSR count). The average molecular weight is 483 g/mol. The SMILES string of the molecule is CCCCN1c2cc(/C=C/C#N)ccc2SC1/C=C(C)/C=C1\Nc2cc(/C=C/C#N)ccc2S1. The lowest BCUT2D eigenvalue weighted by molar-refractivity contribution is 0.734. The van der Waals surface area contributed by atoms with Crippen molar-refractivity contribution in [3.05, 3.63) is 82.4 Å². The maximum atomic E-state index is 8.87. The van der Waals surface area contributed by atoms with Crippen LogP contribution in [0.4, 0.5) is 11.4 Å². The van der Waals surface area contributed by atoms with E-state index >= 15 is 0 Å². The van der Waals surface area contributed by atoms with E-state index in [2.05, 4.69) is 72.6 Å². The quantitative estimate of drug-likeness (QED) is 0.406. The second kappa shape index (κ2) is 11.2. The van der Waals surface area contributed by atoms with Gasteiger partial charge in [-0.3, -0.25) is 0 Å². The second-order valence-corrected chi connectivity index (χ2v) is 10.4. The van der Waals surface area contributed by atoms with Crippen LogP contribution in [0.5, 0.6) is 0 Å². The first-order valence-corrected chi connectivity index (χ1v) is 13.0. The number of benzene rings is 2. The van der Waals surface area contributed by atoms with Crippen LogP contribution in [-0.4, -0.2) is 11.9 Å². The third kappa shape index (κ3) is 5.59. The van der Waals surface area contributed by atoms with E-state index < -0.39 is 0 Å². The van der Waals surface area contributed by atoms with Gasteiger partial charge in [0, 0.05) is 28.5 Å². The highest BCUT2D eigenvalue weighted by atomic mass is 32.2. The van der Waals surface area contributed by atoms with Gasteiger partial charge in [0.1, 0.15) is 0 Å². The monoisotopic (exact) mass is 482 g/mol. The molecule has 0 amide bonds. The molecule has 0 spiro atoms. The molecule has 2 aliphatic rings. The van der Waals surface area contributed by atoms with Crippen molar-refractivity contribution in [2.24, 2.45) is 0 Å². The van der Waals surface area contributed by atoms with Crippen LogP contribution in [0.1, 0.15) is 37.8 Å². The van der Waals surface area contributed by atoms with Crippen LogP contribution < -0.4 is 10.2 Å². The van der Waals surface area contributed by atoms with Gasteiger partial charge >= 0.3 is 0 Å². The Bertz CT molecular complexity index is 1270. The van der Waals surface area contributed by atoms with Gasteiger partial charge in [0.15, 0.2) is 0 Å². The van der Waals surface area contributed by atoms with Gasteiger partial charge in [-0.1, -0.05) is 49.0 Å². The van der Waals surface area contributed by atoms with Gasteiger partial charge in [0.05, 0.1) is 33.9 Å². The smallest absolute Gasteiger partial charge is 0.0988 e. The number of anilines is 2. The van der Waals surface area contributed by atoms with Crippen LogP contribution in [0.15, 0.2) is 81.1 Å². The third-order valence-electron chi connectivity index (χ3n) is 5.55. The normalized spacial score (nSPS) is 18.2. The molecule has 0 bridgehead atoms. The lowest BCUT2D eigenvalue weighted by Crippen LogP contribution is -2.29. The minimum Gasteiger partial charge on any atom is -0.355 e. The first-order valence-electron chi connectivity index (χ1n) is 11.3. The molecule has 0 saturated carbocycles. The van der Waals surface area contributed by atoms with Gasteiger partial charge in [-0.05, 0) is 78.6 Å². The van der Waals surface area contributed by atoms with E-state index in [1.165, 1.54) is 33.2 Å². The lowest BCUT2D eigenvalue weighted by Gasteiger charge is -2.25. The summed E-state index contributed by atoms with van der Waals surface area (Å²) >= 11 is 3.61. The molecule has 0 aliphatic carbocycles. The average Bonchev–Trinajstić information content (AvgIpc) is 3.39. The lowest BCUT2D eigenvalue weighted by atomic mass is 10.1. The molecule has 6 heteroatoms. The molecule has 2 aromatic carbocycles. The third-order valence-corrected chi connectivity index (χ3v) is 7.79. The zero-order valence-electron chi connectivity index (χ0n) is 19.3. The van der Waals surface area contributed by atoms with E-state index in [-0.39, 0.29) is 5.37 Å². The van der Waals surface area contributed by atoms with Gasteiger partial charge in [-0.25, -0.2) is 0 Å². The summed E-state index contributed by atoms with van der Waals surface area (Å²) in [5.41, 5.74) is 5.61. The zero-order chi connectivity index (χ0) is 23.9.